The average Bonchev–Trinajstić information content (AvgIpc) is 3.61. The maximum Gasteiger partial charge on any atom is 0.243 e. The van der Waals surface area contributed by atoms with E-state index in [0.717, 1.165) is 22.3 Å². The average molecular weight is 537 g/mol. The van der Waals surface area contributed by atoms with E-state index in [2.05, 4.69) is 16.0 Å². The molecule has 6 rings (SSSR count). The molecule has 0 atom stereocenters. The monoisotopic (exact) mass is 536 g/mol. The van der Waals surface area contributed by atoms with Gasteiger partial charge in [-0.05, 0) is 42.5 Å². The van der Waals surface area contributed by atoms with E-state index in [1.54, 1.807) is 35.0 Å². The van der Waals surface area contributed by atoms with Crippen molar-refractivity contribution in [3.8, 4) is 23.0 Å². The third-order valence-corrected chi connectivity index (χ3v) is 8.48. The molecule has 5 aromatic rings. The van der Waals surface area contributed by atoms with Crippen molar-refractivity contribution in [2.75, 3.05) is 26.3 Å². The van der Waals surface area contributed by atoms with Crippen LogP contribution in [0.15, 0.2) is 90.0 Å². The summed E-state index contributed by atoms with van der Waals surface area (Å²) in [5.74, 6) is 0.462. The number of aromatic nitrogens is 4. The van der Waals surface area contributed by atoms with E-state index in [1.165, 1.54) is 4.31 Å². The number of morpholine rings is 1. The smallest absolute Gasteiger partial charge is 0.243 e. The molecule has 1 aliphatic heterocycles. The molecule has 3 heterocycles. The molecule has 0 amide bonds. The van der Waals surface area contributed by atoms with Crippen molar-refractivity contribution in [1.29, 1.82) is 5.26 Å². The summed E-state index contributed by atoms with van der Waals surface area (Å²) in [7, 11) is -3.62. The maximum atomic E-state index is 13.1. The summed E-state index contributed by atoms with van der Waals surface area (Å²) in [5.41, 5.74) is 4.84. The van der Waals surface area contributed by atoms with Gasteiger partial charge in [0.25, 0.3) is 0 Å². The topological polar surface area (TPSA) is 117 Å². The van der Waals surface area contributed by atoms with Gasteiger partial charge in [0.1, 0.15) is 11.9 Å². The number of hydrogen-bond acceptors (Lipinski definition) is 6. The SMILES string of the molecule is N#C/C(=C/c1cn(-c2ccccc2)nc1-c1ccc(S(=O)(=O)N2CCOCC2)cc1)c1nc2ccccc2[nH]1. The predicted octanol–water partition coefficient (Wildman–Crippen LogP) is 4.50. The number of nitrogens with zero attached hydrogens (tertiary/aromatic N) is 5. The van der Waals surface area contributed by atoms with Gasteiger partial charge in [0.2, 0.25) is 10.0 Å². The van der Waals surface area contributed by atoms with Gasteiger partial charge in [-0.2, -0.15) is 14.7 Å². The molecule has 39 heavy (non-hydrogen) atoms. The van der Waals surface area contributed by atoms with Crippen LogP contribution in [0.2, 0.25) is 0 Å². The van der Waals surface area contributed by atoms with E-state index < -0.39 is 10.0 Å². The first-order valence-corrected chi connectivity index (χ1v) is 13.9. The molecular formula is C29H24N6O3S. The zero-order valence-corrected chi connectivity index (χ0v) is 21.7. The molecule has 10 heteroatoms. The van der Waals surface area contributed by atoms with Crippen molar-refractivity contribution < 1.29 is 13.2 Å². The van der Waals surface area contributed by atoms with Crippen molar-refractivity contribution in [2.45, 2.75) is 4.90 Å². The third-order valence-electron chi connectivity index (χ3n) is 6.56. The van der Waals surface area contributed by atoms with E-state index in [-0.39, 0.29) is 4.90 Å². The van der Waals surface area contributed by atoms with Crippen LogP contribution in [0, 0.1) is 11.3 Å². The Morgan fingerprint density at radius 2 is 1.69 bits per heavy atom. The van der Waals surface area contributed by atoms with Crippen LogP contribution in [0.5, 0.6) is 0 Å². The highest BCUT2D eigenvalue weighted by atomic mass is 32.2. The number of nitriles is 1. The van der Waals surface area contributed by atoms with Gasteiger partial charge in [0.15, 0.2) is 0 Å². The van der Waals surface area contributed by atoms with E-state index in [1.807, 2.05) is 60.8 Å². The van der Waals surface area contributed by atoms with Crippen molar-refractivity contribution in [3.05, 3.63) is 96.4 Å². The summed E-state index contributed by atoms with van der Waals surface area (Å²) in [6.07, 6.45) is 3.60. The number of nitrogens with one attached hydrogen (secondary N) is 1. The second kappa shape index (κ2) is 10.3. The predicted molar refractivity (Wildman–Crippen MR) is 148 cm³/mol. The largest absolute Gasteiger partial charge is 0.379 e. The number of imidazole rings is 1. The summed E-state index contributed by atoms with van der Waals surface area (Å²) in [4.78, 5) is 8.00. The molecule has 194 valence electrons. The number of rotatable bonds is 6. The minimum absolute atomic E-state index is 0.215. The van der Waals surface area contributed by atoms with Gasteiger partial charge in [0, 0.05) is 30.4 Å². The zero-order chi connectivity index (χ0) is 26.8. The standard InChI is InChI=1S/C29H24N6O3S/c30-19-22(29-31-26-8-4-5-9-27(26)32-29)18-23-20-35(24-6-2-1-3-7-24)33-28(23)21-10-12-25(13-11-21)39(36,37)34-14-16-38-17-15-34/h1-13,18,20H,14-17H2,(H,31,32)/b22-18-. The van der Waals surface area contributed by atoms with E-state index in [4.69, 9.17) is 9.84 Å². The molecular weight excluding hydrogens is 512 g/mol. The fourth-order valence-electron chi connectivity index (χ4n) is 4.54. The number of allylic oxidation sites excluding steroid dienone is 1. The van der Waals surface area contributed by atoms with Crippen LogP contribution in [0.1, 0.15) is 11.4 Å². The lowest BCUT2D eigenvalue weighted by molar-refractivity contribution is 0.0730. The highest BCUT2D eigenvalue weighted by Crippen LogP contribution is 2.29. The van der Waals surface area contributed by atoms with Crippen LogP contribution in [0.25, 0.3) is 39.6 Å². The lowest BCUT2D eigenvalue weighted by Gasteiger charge is -2.26. The minimum Gasteiger partial charge on any atom is -0.379 e. The Morgan fingerprint density at radius 3 is 2.41 bits per heavy atom. The van der Waals surface area contributed by atoms with Crippen LogP contribution in [0.3, 0.4) is 0 Å². The molecule has 0 saturated carbocycles. The lowest BCUT2D eigenvalue weighted by atomic mass is 10.1. The van der Waals surface area contributed by atoms with Crippen molar-refractivity contribution in [1.82, 2.24) is 24.1 Å². The molecule has 0 spiro atoms. The van der Waals surface area contributed by atoms with Gasteiger partial charge in [-0.1, -0.05) is 42.5 Å². The third kappa shape index (κ3) is 4.86. The molecule has 1 aliphatic rings. The van der Waals surface area contributed by atoms with Crippen LogP contribution >= 0.6 is 0 Å². The molecule has 1 N–H and O–H groups in total. The molecule has 3 aromatic carbocycles. The fourth-order valence-corrected chi connectivity index (χ4v) is 5.95. The molecule has 9 nitrogen and oxygen atoms in total. The van der Waals surface area contributed by atoms with Crippen molar-refractivity contribution in [3.63, 3.8) is 0 Å². The molecule has 0 bridgehead atoms. The number of para-hydroxylation sites is 3. The maximum absolute atomic E-state index is 13.1. The Kier molecular flexibility index (Phi) is 6.54. The summed E-state index contributed by atoms with van der Waals surface area (Å²) < 4.78 is 34.7. The highest BCUT2D eigenvalue weighted by molar-refractivity contribution is 7.89. The summed E-state index contributed by atoms with van der Waals surface area (Å²) in [6, 6.07) is 26.2. The molecule has 0 radical (unpaired) electrons. The molecule has 1 saturated heterocycles. The van der Waals surface area contributed by atoms with E-state index in [9.17, 15) is 13.7 Å². The van der Waals surface area contributed by atoms with Crippen molar-refractivity contribution >= 4 is 32.7 Å². The summed E-state index contributed by atoms with van der Waals surface area (Å²) >= 11 is 0. The Hall–Kier alpha value is -4.56. The highest BCUT2D eigenvalue weighted by Gasteiger charge is 2.26. The van der Waals surface area contributed by atoms with Gasteiger partial charge in [-0.15, -0.1) is 0 Å². The molecule has 1 fully saturated rings. The van der Waals surface area contributed by atoms with Gasteiger partial charge in [-0.25, -0.2) is 18.1 Å². The van der Waals surface area contributed by atoms with Crippen LogP contribution in [-0.2, 0) is 14.8 Å². The normalized spacial score (nSPS) is 14.9. The Labute approximate surface area is 225 Å². The second-order valence-electron chi connectivity index (χ2n) is 9.03. The fraction of sp³-hybridized carbons (Fsp3) is 0.138. The van der Waals surface area contributed by atoms with Crippen LogP contribution < -0.4 is 0 Å². The Bertz CT molecular complexity index is 1780. The Morgan fingerprint density at radius 1 is 0.974 bits per heavy atom. The molecule has 0 aliphatic carbocycles. The van der Waals surface area contributed by atoms with Gasteiger partial charge in [-0.3, -0.25) is 0 Å². The number of sulfonamides is 1. The number of hydrogen-bond donors (Lipinski definition) is 1. The zero-order valence-electron chi connectivity index (χ0n) is 20.9. The van der Waals surface area contributed by atoms with Crippen molar-refractivity contribution in [2.24, 2.45) is 0 Å². The Balaban J connectivity index is 1.42. The number of fused-ring (bicyclic) bond motifs is 1. The number of H-pyrrole nitrogens is 1. The van der Waals surface area contributed by atoms with Gasteiger partial charge < -0.3 is 9.72 Å². The van der Waals surface area contributed by atoms with E-state index in [0.29, 0.717) is 49.0 Å². The lowest BCUT2D eigenvalue weighted by Crippen LogP contribution is -2.40. The van der Waals surface area contributed by atoms with Gasteiger partial charge in [0.05, 0.1) is 46.1 Å². The molecule has 0 unspecified atom stereocenters. The number of ether oxygens (including phenoxy) is 1. The summed E-state index contributed by atoms with van der Waals surface area (Å²) in [5, 5.41) is 14.8. The first-order chi connectivity index (χ1) is 19.0. The van der Waals surface area contributed by atoms with Gasteiger partial charge >= 0.3 is 0 Å². The summed E-state index contributed by atoms with van der Waals surface area (Å²) in [6.45, 7) is 1.44. The molecule has 2 aromatic heterocycles. The number of aromatic amines is 1. The first kappa shape index (κ1) is 24.8. The van der Waals surface area contributed by atoms with E-state index >= 15 is 0 Å². The quantitative estimate of drug-likeness (QED) is 0.319. The second-order valence-corrected chi connectivity index (χ2v) is 11.0. The van der Waals surface area contributed by atoms with Crippen LogP contribution in [-0.4, -0.2) is 58.8 Å². The minimum atomic E-state index is -3.62. The van der Waals surface area contributed by atoms with Crippen LogP contribution in [0.4, 0.5) is 0 Å². The first-order valence-electron chi connectivity index (χ1n) is 12.4. The number of benzene rings is 3.